The Hall–Kier alpha value is -2.01. The molecule has 0 heterocycles. The fourth-order valence-corrected chi connectivity index (χ4v) is 3.76. The predicted molar refractivity (Wildman–Crippen MR) is 87.1 cm³/mol. The zero-order chi connectivity index (χ0) is 15.8. The number of anilines is 2. The lowest BCUT2D eigenvalue weighted by Gasteiger charge is -2.15. The van der Waals surface area contributed by atoms with Gasteiger partial charge in [0.15, 0.2) is 0 Å². The average molecular weight is 304 g/mol. The maximum absolute atomic E-state index is 12.7. The van der Waals surface area contributed by atoms with E-state index in [0.717, 1.165) is 16.7 Å². The van der Waals surface area contributed by atoms with Gasteiger partial charge in [0.1, 0.15) is 4.90 Å². The highest BCUT2D eigenvalue weighted by Crippen LogP contribution is 2.28. The zero-order valence-electron chi connectivity index (χ0n) is 12.7. The van der Waals surface area contributed by atoms with E-state index in [1.807, 2.05) is 38.1 Å². The molecule has 2 aromatic carbocycles. The first-order valence-corrected chi connectivity index (χ1v) is 8.16. The van der Waals surface area contributed by atoms with Crippen molar-refractivity contribution in [2.75, 3.05) is 10.5 Å². The molecule has 0 aromatic heterocycles. The molecule has 112 valence electrons. The Kier molecular flexibility index (Phi) is 3.96. The molecule has 2 rings (SSSR count). The number of hydrogen-bond donors (Lipinski definition) is 2. The molecule has 0 unspecified atom stereocenters. The number of aryl methyl sites for hydroxylation is 4. The second-order valence-corrected chi connectivity index (χ2v) is 6.99. The predicted octanol–water partition coefficient (Wildman–Crippen LogP) is 3.30. The maximum Gasteiger partial charge on any atom is 0.264 e. The lowest BCUT2D eigenvalue weighted by Crippen LogP contribution is -2.17. The summed E-state index contributed by atoms with van der Waals surface area (Å²) < 4.78 is 28.0. The van der Waals surface area contributed by atoms with Gasteiger partial charge in [0, 0.05) is 0 Å². The van der Waals surface area contributed by atoms with Gasteiger partial charge in [0.05, 0.1) is 11.4 Å². The van der Waals surface area contributed by atoms with Crippen LogP contribution in [0.1, 0.15) is 22.3 Å². The minimum atomic E-state index is -3.71. The number of nitrogen functional groups attached to an aromatic ring is 1. The number of benzene rings is 2. The van der Waals surface area contributed by atoms with Gasteiger partial charge < -0.3 is 5.73 Å². The van der Waals surface area contributed by atoms with Crippen molar-refractivity contribution in [3.63, 3.8) is 0 Å². The van der Waals surface area contributed by atoms with E-state index < -0.39 is 10.0 Å². The van der Waals surface area contributed by atoms with Crippen LogP contribution in [-0.4, -0.2) is 8.42 Å². The molecule has 0 atom stereocenters. The molecule has 5 heteroatoms. The molecule has 0 saturated carbocycles. The third-order valence-corrected chi connectivity index (χ3v) is 5.09. The summed E-state index contributed by atoms with van der Waals surface area (Å²) in [7, 11) is -3.71. The van der Waals surface area contributed by atoms with Gasteiger partial charge in [-0.25, -0.2) is 8.42 Å². The van der Waals surface area contributed by atoms with E-state index in [1.54, 1.807) is 19.9 Å². The summed E-state index contributed by atoms with van der Waals surface area (Å²) in [5.41, 5.74) is 10.1. The smallest absolute Gasteiger partial charge is 0.264 e. The number of nitrogens with one attached hydrogen (secondary N) is 1. The van der Waals surface area contributed by atoms with Crippen molar-refractivity contribution >= 4 is 21.4 Å². The van der Waals surface area contributed by atoms with Crippen molar-refractivity contribution in [1.29, 1.82) is 0 Å². The number of hydrogen-bond acceptors (Lipinski definition) is 3. The van der Waals surface area contributed by atoms with Crippen LogP contribution in [0.25, 0.3) is 0 Å². The molecule has 21 heavy (non-hydrogen) atoms. The van der Waals surface area contributed by atoms with Crippen LogP contribution in [0.15, 0.2) is 35.2 Å². The van der Waals surface area contributed by atoms with Crippen molar-refractivity contribution < 1.29 is 8.42 Å². The van der Waals surface area contributed by atoms with Crippen molar-refractivity contribution in [2.24, 2.45) is 0 Å². The monoisotopic (exact) mass is 304 g/mol. The first-order chi connectivity index (χ1) is 9.72. The van der Waals surface area contributed by atoms with E-state index in [4.69, 9.17) is 5.73 Å². The van der Waals surface area contributed by atoms with Crippen LogP contribution in [0.3, 0.4) is 0 Å². The van der Waals surface area contributed by atoms with E-state index in [9.17, 15) is 8.42 Å². The Bertz CT molecular complexity index is 796. The molecule has 4 nitrogen and oxygen atoms in total. The molecule has 0 spiro atoms. The molecule has 0 aliphatic heterocycles. The van der Waals surface area contributed by atoms with Crippen LogP contribution in [0.4, 0.5) is 11.4 Å². The molecule has 0 amide bonds. The van der Waals surface area contributed by atoms with E-state index in [1.165, 1.54) is 0 Å². The van der Waals surface area contributed by atoms with Gasteiger partial charge in [-0.1, -0.05) is 24.3 Å². The van der Waals surface area contributed by atoms with E-state index in [2.05, 4.69) is 4.72 Å². The van der Waals surface area contributed by atoms with Crippen molar-refractivity contribution in [3.05, 3.63) is 52.6 Å². The number of nitrogens with two attached hydrogens (primary N) is 1. The van der Waals surface area contributed by atoms with Gasteiger partial charge in [-0.15, -0.1) is 0 Å². The largest absolute Gasteiger partial charge is 0.397 e. The molecule has 0 aliphatic rings. The highest BCUT2D eigenvalue weighted by atomic mass is 32.2. The normalized spacial score (nSPS) is 11.4. The topological polar surface area (TPSA) is 72.2 Å². The molecule has 3 N–H and O–H groups in total. The Morgan fingerprint density at radius 2 is 1.48 bits per heavy atom. The quantitative estimate of drug-likeness (QED) is 0.855. The first kappa shape index (κ1) is 15.4. The van der Waals surface area contributed by atoms with Crippen LogP contribution in [0.5, 0.6) is 0 Å². The maximum atomic E-state index is 12.7. The van der Waals surface area contributed by atoms with Crippen LogP contribution >= 0.6 is 0 Å². The molecular weight excluding hydrogens is 284 g/mol. The highest BCUT2D eigenvalue weighted by molar-refractivity contribution is 7.93. The van der Waals surface area contributed by atoms with E-state index >= 15 is 0 Å². The summed E-state index contributed by atoms with van der Waals surface area (Å²) in [5, 5.41) is 0. The second-order valence-electron chi connectivity index (χ2n) is 5.37. The summed E-state index contributed by atoms with van der Waals surface area (Å²) in [6.07, 6.45) is 0. The van der Waals surface area contributed by atoms with Gasteiger partial charge in [0.25, 0.3) is 10.0 Å². The van der Waals surface area contributed by atoms with Crippen LogP contribution in [-0.2, 0) is 10.0 Å². The lowest BCUT2D eigenvalue weighted by molar-refractivity contribution is 0.601. The fourth-order valence-electron chi connectivity index (χ4n) is 2.21. The highest BCUT2D eigenvalue weighted by Gasteiger charge is 2.22. The van der Waals surface area contributed by atoms with Crippen molar-refractivity contribution in [2.45, 2.75) is 32.6 Å². The average Bonchev–Trinajstić information content (AvgIpc) is 2.38. The summed E-state index contributed by atoms with van der Waals surface area (Å²) in [4.78, 5) is 0.156. The molecule has 2 aromatic rings. The summed E-state index contributed by atoms with van der Waals surface area (Å²) in [6.45, 7) is 7.33. The molecule has 0 fully saturated rings. The SMILES string of the molecule is Cc1ccc(C)c(NS(=O)(=O)c2c(C)ccc(C)c2N)c1. The van der Waals surface area contributed by atoms with Gasteiger partial charge in [0.2, 0.25) is 0 Å². The Morgan fingerprint density at radius 3 is 2.14 bits per heavy atom. The molecular formula is C16H20N2O2S. The van der Waals surface area contributed by atoms with Gasteiger partial charge in [-0.2, -0.15) is 0 Å². The van der Waals surface area contributed by atoms with Gasteiger partial charge in [-0.05, 0) is 56.0 Å². The zero-order valence-corrected chi connectivity index (χ0v) is 13.5. The fraction of sp³-hybridized carbons (Fsp3) is 0.250. The lowest BCUT2D eigenvalue weighted by atomic mass is 10.1. The van der Waals surface area contributed by atoms with Crippen LogP contribution in [0, 0.1) is 27.7 Å². The Balaban J connectivity index is 2.54. The van der Waals surface area contributed by atoms with Crippen LogP contribution < -0.4 is 10.5 Å². The first-order valence-electron chi connectivity index (χ1n) is 6.68. The molecule has 0 radical (unpaired) electrons. The Morgan fingerprint density at radius 1 is 0.905 bits per heavy atom. The van der Waals surface area contributed by atoms with E-state index in [0.29, 0.717) is 16.9 Å². The minimum absolute atomic E-state index is 0.156. The van der Waals surface area contributed by atoms with Crippen LogP contribution in [0.2, 0.25) is 0 Å². The standard InChI is InChI=1S/C16H20N2O2S/c1-10-5-6-11(2)14(9-10)18-21(19,20)16-13(4)8-7-12(3)15(16)17/h5-9,18H,17H2,1-4H3. The number of rotatable bonds is 3. The summed E-state index contributed by atoms with van der Waals surface area (Å²) in [5.74, 6) is 0. The van der Waals surface area contributed by atoms with Gasteiger partial charge in [-0.3, -0.25) is 4.72 Å². The third-order valence-electron chi connectivity index (χ3n) is 3.52. The molecule has 0 bridgehead atoms. The second kappa shape index (κ2) is 5.41. The summed E-state index contributed by atoms with van der Waals surface area (Å²) >= 11 is 0. The third kappa shape index (κ3) is 3.03. The van der Waals surface area contributed by atoms with E-state index in [-0.39, 0.29) is 4.90 Å². The van der Waals surface area contributed by atoms with Crippen molar-refractivity contribution in [3.8, 4) is 0 Å². The summed E-state index contributed by atoms with van der Waals surface area (Å²) in [6, 6.07) is 9.23. The minimum Gasteiger partial charge on any atom is -0.397 e. The van der Waals surface area contributed by atoms with Crippen molar-refractivity contribution in [1.82, 2.24) is 0 Å². The van der Waals surface area contributed by atoms with Gasteiger partial charge >= 0.3 is 0 Å². The molecule has 0 saturated heterocycles. The molecule has 0 aliphatic carbocycles. The Labute approximate surface area is 126 Å². The number of sulfonamides is 1.